The Bertz CT molecular complexity index is 1210. The Labute approximate surface area is 219 Å². The Kier molecular flexibility index (Phi) is 8.32. The largest absolute Gasteiger partial charge is 0.377 e. The first-order chi connectivity index (χ1) is 17.3. The fraction of sp³-hybridized carbons (Fsp3) is 0.333. The van der Waals surface area contributed by atoms with E-state index in [0.717, 1.165) is 48.2 Å². The summed E-state index contributed by atoms with van der Waals surface area (Å²) in [4.78, 5) is 30.5. The van der Waals surface area contributed by atoms with Crippen LogP contribution in [-0.2, 0) is 11.3 Å². The molecule has 3 aromatic carbocycles. The van der Waals surface area contributed by atoms with Gasteiger partial charge >= 0.3 is 0 Å². The molecule has 2 amide bonds. The van der Waals surface area contributed by atoms with Gasteiger partial charge in [0.25, 0.3) is 5.91 Å². The van der Waals surface area contributed by atoms with Crippen LogP contribution in [0.15, 0.2) is 72.8 Å². The van der Waals surface area contributed by atoms with Crippen LogP contribution in [0.25, 0.3) is 0 Å². The molecule has 4 rings (SSSR count). The number of benzene rings is 3. The van der Waals surface area contributed by atoms with Crippen LogP contribution in [0.2, 0.25) is 5.02 Å². The maximum atomic E-state index is 13.9. The Morgan fingerprint density at radius 2 is 1.64 bits per heavy atom. The highest BCUT2D eigenvalue weighted by Gasteiger charge is 2.27. The van der Waals surface area contributed by atoms with Crippen molar-refractivity contribution < 1.29 is 9.59 Å². The van der Waals surface area contributed by atoms with Gasteiger partial charge < -0.3 is 15.1 Å². The molecule has 188 valence electrons. The first-order valence-electron chi connectivity index (χ1n) is 12.6. The average molecular weight is 504 g/mol. The molecule has 36 heavy (non-hydrogen) atoms. The summed E-state index contributed by atoms with van der Waals surface area (Å²) >= 11 is 6.44. The second-order valence-electron chi connectivity index (χ2n) is 9.71. The molecule has 0 aliphatic heterocycles. The second kappa shape index (κ2) is 11.6. The third kappa shape index (κ3) is 5.90. The number of carbonyl (C=O) groups excluding carboxylic acids is 2. The lowest BCUT2D eigenvalue weighted by atomic mass is 10.0. The van der Waals surface area contributed by atoms with Crippen molar-refractivity contribution in [3.63, 3.8) is 0 Å². The third-order valence-corrected chi connectivity index (χ3v) is 7.34. The van der Waals surface area contributed by atoms with Crippen LogP contribution in [0.5, 0.6) is 0 Å². The average Bonchev–Trinajstić information content (AvgIpc) is 3.43. The van der Waals surface area contributed by atoms with Crippen molar-refractivity contribution in [1.82, 2.24) is 4.90 Å². The van der Waals surface area contributed by atoms with Crippen molar-refractivity contribution in [3.05, 3.63) is 94.5 Å². The molecule has 6 heteroatoms. The quantitative estimate of drug-likeness (QED) is 0.362. The molecule has 1 unspecified atom stereocenters. The van der Waals surface area contributed by atoms with E-state index in [4.69, 9.17) is 11.6 Å². The summed E-state index contributed by atoms with van der Waals surface area (Å²) in [6.45, 7) is 2.39. The highest BCUT2D eigenvalue weighted by atomic mass is 35.5. The Balaban J connectivity index is 1.69. The Morgan fingerprint density at radius 1 is 0.972 bits per heavy atom. The molecule has 0 aromatic heterocycles. The fourth-order valence-corrected chi connectivity index (χ4v) is 5.14. The first kappa shape index (κ1) is 25.8. The van der Waals surface area contributed by atoms with Gasteiger partial charge in [0.15, 0.2) is 0 Å². The zero-order chi connectivity index (χ0) is 25.7. The molecule has 0 heterocycles. The van der Waals surface area contributed by atoms with Crippen molar-refractivity contribution in [2.45, 2.75) is 45.2 Å². The van der Waals surface area contributed by atoms with Gasteiger partial charge in [-0.05, 0) is 61.2 Å². The van der Waals surface area contributed by atoms with Gasteiger partial charge in [-0.1, -0.05) is 66.9 Å². The number of amides is 2. The lowest BCUT2D eigenvalue weighted by Gasteiger charge is -2.32. The van der Waals surface area contributed by atoms with E-state index in [1.807, 2.05) is 91.5 Å². The van der Waals surface area contributed by atoms with Crippen LogP contribution < -0.4 is 10.2 Å². The van der Waals surface area contributed by atoms with Crippen LogP contribution in [0.1, 0.15) is 60.1 Å². The third-order valence-electron chi connectivity index (χ3n) is 7.01. The molecular formula is C30H34ClN3O2. The minimum absolute atomic E-state index is 0.0812. The van der Waals surface area contributed by atoms with Crippen LogP contribution in [-0.4, -0.2) is 30.8 Å². The van der Waals surface area contributed by atoms with E-state index in [-0.39, 0.29) is 23.8 Å². The van der Waals surface area contributed by atoms with Gasteiger partial charge in [-0.2, -0.15) is 0 Å². The number of nitrogens with zero attached hydrogens (tertiary/aromatic N) is 2. The summed E-state index contributed by atoms with van der Waals surface area (Å²) in [5.41, 5.74) is 4.21. The van der Waals surface area contributed by atoms with E-state index >= 15 is 0 Å². The summed E-state index contributed by atoms with van der Waals surface area (Å²) in [6.07, 6.45) is 4.12. The lowest BCUT2D eigenvalue weighted by molar-refractivity contribution is -0.119. The number of hydrogen-bond acceptors (Lipinski definition) is 3. The molecule has 0 bridgehead atoms. The monoisotopic (exact) mass is 503 g/mol. The van der Waals surface area contributed by atoms with Crippen LogP contribution in [0.4, 0.5) is 11.4 Å². The van der Waals surface area contributed by atoms with E-state index in [9.17, 15) is 9.59 Å². The van der Waals surface area contributed by atoms with Crippen molar-refractivity contribution in [1.29, 1.82) is 0 Å². The Hall–Kier alpha value is -3.31. The van der Waals surface area contributed by atoms with Gasteiger partial charge in [0, 0.05) is 37.9 Å². The summed E-state index contributed by atoms with van der Waals surface area (Å²) in [5.74, 6) is 0.0261. The minimum atomic E-state index is -0.193. The topological polar surface area (TPSA) is 52.7 Å². The fourth-order valence-electron chi connectivity index (χ4n) is 4.93. The van der Waals surface area contributed by atoms with E-state index in [1.54, 1.807) is 12.1 Å². The molecular weight excluding hydrogens is 470 g/mol. The molecule has 0 spiro atoms. The van der Waals surface area contributed by atoms with Crippen LogP contribution >= 0.6 is 11.6 Å². The first-order valence-corrected chi connectivity index (χ1v) is 12.9. The molecule has 5 nitrogen and oxygen atoms in total. The van der Waals surface area contributed by atoms with E-state index < -0.39 is 0 Å². The summed E-state index contributed by atoms with van der Waals surface area (Å²) in [6, 6.07) is 22.9. The number of nitrogens with one attached hydrogen (secondary N) is 1. The molecule has 3 aromatic rings. The number of rotatable bonds is 8. The molecule has 1 saturated carbocycles. The minimum Gasteiger partial charge on any atom is -0.377 e. The van der Waals surface area contributed by atoms with E-state index in [0.29, 0.717) is 17.1 Å². The summed E-state index contributed by atoms with van der Waals surface area (Å²) in [7, 11) is 3.97. The van der Waals surface area contributed by atoms with Gasteiger partial charge in [0.05, 0.1) is 16.6 Å². The molecule has 0 radical (unpaired) electrons. The van der Waals surface area contributed by atoms with Gasteiger partial charge in [0.2, 0.25) is 5.91 Å². The normalized spacial score (nSPS) is 14.3. The van der Waals surface area contributed by atoms with E-state index in [1.165, 1.54) is 0 Å². The zero-order valence-electron chi connectivity index (χ0n) is 21.2. The van der Waals surface area contributed by atoms with Crippen molar-refractivity contribution >= 4 is 34.8 Å². The molecule has 1 fully saturated rings. The van der Waals surface area contributed by atoms with Crippen LogP contribution in [0.3, 0.4) is 0 Å². The maximum Gasteiger partial charge on any atom is 0.256 e. The summed E-state index contributed by atoms with van der Waals surface area (Å²) < 4.78 is 0. The number of carbonyl (C=O) groups is 2. The Morgan fingerprint density at radius 3 is 2.31 bits per heavy atom. The highest BCUT2D eigenvalue weighted by molar-refractivity contribution is 6.33. The summed E-state index contributed by atoms with van der Waals surface area (Å²) in [5, 5.41) is 3.54. The second-order valence-corrected chi connectivity index (χ2v) is 10.1. The molecule has 1 aliphatic carbocycles. The maximum absolute atomic E-state index is 13.9. The van der Waals surface area contributed by atoms with E-state index in [2.05, 4.69) is 5.32 Å². The van der Waals surface area contributed by atoms with Crippen molar-refractivity contribution in [3.8, 4) is 0 Å². The zero-order valence-corrected chi connectivity index (χ0v) is 22.0. The van der Waals surface area contributed by atoms with Crippen molar-refractivity contribution in [2.24, 2.45) is 5.92 Å². The lowest BCUT2D eigenvalue weighted by Crippen LogP contribution is -2.34. The number of anilines is 2. The predicted octanol–water partition coefficient (Wildman–Crippen LogP) is 6.94. The van der Waals surface area contributed by atoms with Crippen molar-refractivity contribution in [2.75, 3.05) is 24.3 Å². The highest BCUT2D eigenvalue weighted by Crippen LogP contribution is 2.32. The molecule has 1 atom stereocenters. The number of hydrogen-bond donors (Lipinski definition) is 1. The van der Waals surface area contributed by atoms with Gasteiger partial charge in [-0.15, -0.1) is 0 Å². The number of halogens is 1. The molecule has 0 saturated heterocycles. The smallest absolute Gasteiger partial charge is 0.256 e. The van der Waals surface area contributed by atoms with Gasteiger partial charge in [0.1, 0.15) is 0 Å². The standard InChI is InChI=1S/C30H34ClN3O2/c1-21(22-11-5-4-6-12-22)34(30(36)26-15-9-10-16-27(26)31)20-24-19-25(17-18-28(24)33(2)3)32-29(35)23-13-7-8-14-23/h4-6,9-12,15-19,21,23H,7-8,13-14,20H2,1-3H3,(H,32,35). The van der Waals surface area contributed by atoms with Gasteiger partial charge in [-0.25, -0.2) is 0 Å². The van der Waals surface area contributed by atoms with Crippen LogP contribution in [0, 0.1) is 5.92 Å². The van der Waals surface area contributed by atoms with Gasteiger partial charge in [-0.3, -0.25) is 9.59 Å². The predicted molar refractivity (Wildman–Crippen MR) is 148 cm³/mol. The molecule has 1 aliphatic rings. The SMILES string of the molecule is CC(c1ccccc1)N(Cc1cc(NC(=O)C2CCCC2)ccc1N(C)C)C(=O)c1ccccc1Cl. The molecule has 1 N–H and O–H groups in total.